The van der Waals surface area contributed by atoms with Crippen LogP contribution >= 0.6 is 0 Å². The second-order valence-electron chi connectivity index (χ2n) is 4.41. The van der Waals surface area contributed by atoms with E-state index >= 15 is 0 Å². The van der Waals surface area contributed by atoms with Crippen LogP contribution in [0.5, 0.6) is 0 Å². The Balaban J connectivity index is 2.18. The third-order valence-corrected chi connectivity index (χ3v) is 3.27. The van der Waals surface area contributed by atoms with Crippen molar-refractivity contribution < 1.29 is 5.11 Å². The van der Waals surface area contributed by atoms with Crippen LogP contribution in [0.2, 0.25) is 0 Å². The highest BCUT2D eigenvalue weighted by atomic mass is 16.3. The number of nitrogens with zero attached hydrogens (tertiary/aromatic N) is 3. The van der Waals surface area contributed by atoms with Crippen LogP contribution in [0.3, 0.4) is 0 Å². The number of nitrogens with two attached hydrogens (primary N) is 1. The highest BCUT2D eigenvalue weighted by Crippen LogP contribution is 2.25. The summed E-state index contributed by atoms with van der Waals surface area (Å²) in [6.45, 7) is 1.15. The van der Waals surface area contributed by atoms with Gasteiger partial charge in [0.05, 0.1) is 12.3 Å². The summed E-state index contributed by atoms with van der Waals surface area (Å²) in [5.74, 6) is 0.703. The Labute approximate surface area is 102 Å². The van der Waals surface area contributed by atoms with Gasteiger partial charge in [-0.3, -0.25) is 0 Å². The van der Waals surface area contributed by atoms with Crippen molar-refractivity contribution in [2.45, 2.75) is 38.3 Å². The van der Waals surface area contributed by atoms with Crippen LogP contribution in [-0.2, 0) is 6.54 Å². The molecule has 0 radical (unpaired) electrons. The predicted octanol–water partition coefficient (Wildman–Crippen LogP) is 0.677. The van der Waals surface area contributed by atoms with Crippen molar-refractivity contribution in [2.24, 2.45) is 5.73 Å². The number of aliphatic hydroxyl groups excluding tert-OH is 1. The monoisotopic (exact) mass is 236 g/mol. The largest absolute Gasteiger partial charge is 0.395 e. The summed E-state index contributed by atoms with van der Waals surface area (Å²) in [5, 5.41) is 9.16. The van der Waals surface area contributed by atoms with Crippen molar-refractivity contribution in [3.63, 3.8) is 0 Å². The molecule has 0 spiro atoms. The average Bonchev–Trinajstić information content (AvgIpc) is 2.89. The number of hydrogen-bond donors (Lipinski definition) is 2. The highest BCUT2D eigenvalue weighted by Gasteiger charge is 2.24. The molecule has 3 N–H and O–H groups in total. The second-order valence-corrected chi connectivity index (χ2v) is 4.41. The van der Waals surface area contributed by atoms with Crippen LogP contribution in [0.4, 0.5) is 5.95 Å². The Bertz CT molecular complexity index is 352. The van der Waals surface area contributed by atoms with Crippen LogP contribution in [0.1, 0.15) is 31.4 Å². The van der Waals surface area contributed by atoms with Crippen molar-refractivity contribution in [1.29, 1.82) is 0 Å². The maximum Gasteiger partial charge on any atom is 0.225 e. The fraction of sp³-hybridized carbons (Fsp3) is 0.667. The van der Waals surface area contributed by atoms with E-state index < -0.39 is 0 Å². The third-order valence-electron chi connectivity index (χ3n) is 3.27. The summed E-state index contributed by atoms with van der Waals surface area (Å²) in [4.78, 5) is 10.8. The molecule has 0 aromatic carbocycles. The first-order valence-electron chi connectivity index (χ1n) is 6.24. The molecular weight excluding hydrogens is 216 g/mol. The van der Waals surface area contributed by atoms with E-state index in [9.17, 15) is 0 Å². The fourth-order valence-electron chi connectivity index (χ4n) is 2.41. The van der Waals surface area contributed by atoms with Gasteiger partial charge in [-0.1, -0.05) is 12.8 Å². The third kappa shape index (κ3) is 2.92. The molecule has 1 aliphatic rings. The lowest BCUT2D eigenvalue weighted by Crippen LogP contribution is -2.37. The first kappa shape index (κ1) is 12.3. The molecule has 1 aromatic rings. The van der Waals surface area contributed by atoms with Gasteiger partial charge in [0, 0.05) is 25.3 Å². The summed E-state index contributed by atoms with van der Waals surface area (Å²) in [6.07, 6.45) is 6.57. The van der Waals surface area contributed by atoms with E-state index in [1.54, 1.807) is 6.20 Å². The van der Waals surface area contributed by atoms with Crippen LogP contribution in [0.25, 0.3) is 0 Å². The van der Waals surface area contributed by atoms with Crippen molar-refractivity contribution >= 4 is 5.95 Å². The van der Waals surface area contributed by atoms with Gasteiger partial charge in [0.2, 0.25) is 5.95 Å². The van der Waals surface area contributed by atoms with Gasteiger partial charge in [-0.05, 0) is 18.9 Å². The van der Waals surface area contributed by atoms with Crippen molar-refractivity contribution in [1.82, 2.24) is 9.97 Å². The van der Waals surface area contributed by atoms with E-state index in [1.807, 2.05) is 6.07 Å². The maximum absolute atomic E-state index is 9.16. The Morgan fingerprint density at radius 2 is 2.18 bits per heavy atom. The Morgan fingerprint density at radius 3 is 2.82 bits per heavy atom. The standard InChI is InChI=1S/C12H20N4O/c13-9-10-5-6-14-12(15-10)16(7-8-17)11-3-1-2-4-11/h5-6,11,17H,1-4,7-9,13H2. The molecule has 5 heteroatoms. The minimum atomic E-state index is 0.132. The second kappa shape index (κ2) is 5.93. The summed E-state index contributed by atoms with van der Waals surface area (Å²) < 4.78 is 0. The lowest BCUT2D eigenvalue weighted by molar-refractivity contribution is 0.296. The first-order chi connectivity index (χ1) is 8.35. The van der Waals surface area contributed by atoms with Crippen LogP contribution < -0.4 is 10.6 Å². The van der Waals surface area contributed by atoms with Gasteiger partial charge in [-0.15, -0.1) is 0 Å². The Morgan fingerprint density at radius 1 is 1.41 bits per heavy atom. The number of aromatic nitrogens is 2. The van der Waals surface area contributed by atoms with Gasteiger partial charge < -0.3 is 15.7 Å². The highest BCUT2D eigenvalue weighted by molar-refractivity contribution is 5.32. The Kier molecular flexibility index (Phi) is 4.28. The number of rotatable bonds is 5. The SMILES string of the molecule is NCc1ccnc(N(CCO)C2CCCC2)n1. The van der Waals surface area contributed by atoms with Gasteiger partial charge >= 0.3 is 0 Å². The molecule has 1 aromatic heterocycles. The summed E-state index contributed by atoms with van der Waals surface area (Å²) >= 11 is 0. The molecule has 0 saturated heterocycles. The minimum absolute atomic E-state index is 0.132. The van der Waals surface area contributed by atoms with Gasteiger partial charge in [0.1, 0.15) is 0 Å². The van der Waals surface area contributed by atoms with E-state index in [0.29, 0.717) is 25.1 Å². The normalized spacial score (nSPS) is 16.4. The maximum atomic E-state index is 9.16. The van der Waals surface area contributed by atoms with Crippen LogP contribution in [-0.4, -0.2) is 34.3 Å². The Hall–Kier alpha value is -1.20. The van der Waals surface area contributed by atoms with E-state index in [-0.39, 0.29) is 6.61 Å². The lowest BCUT2D eigenvalue weighted by atomic mass is 10.2. The van der Waals surface area contributed by atoms with Gasteiger partial charge in [0.15, 0.2) is 0 Å². The van der Waals surface area contributed by atoms with Gasteiger partial charge in [0.25, 0.3) is 0 Å². The molecule has 0 bridgehead atoms. The first-order valence-corrected chi connectivity index (χ1v) is 6.24. The van der Waals surface area contributed by atoms with Crippen LogP contribution in [0.15, 0.2) is 12.3 Å². The fourth-order valence-corrected chi connectivity index (χ4v) is 2.41. The molecule has 17 heavy (non-hydrogen) atoms. The van der Waals surface area contributed by atoms with E-state index in [2.05, 4.69) is 14.9 Å². The van der Waals surface area contributed by atoms with E-state index in [1.165, 1.54) is 12.8 Å². The van der Waals surface area contributed by atoms with Gasteiger partial charge in [-0.25, -0.2) is 9.97 Å². The molecule has 0 unspecified atom stereocenters. The van der Waals surface area contributed by atoms with Crippen molar-refractivity contribution in [3.8, 4) is 0 Å². The summed E-state index contributed by atoms with van der Waals surface area (Å²) in [5.41, 5.74) is 6.43. The number of anilines is 1. The molecule has 1 fully saturated rings. The quantitative estimate of drug-likeness (QED) is 0.786. The summed E-state index contributed by atoms with van der Waals surface area (Å²) in [7, 11) is 0. The predicted molar refractivity (Wildman–Crippen MR) is 66.6 cm³/mol. The molecule has 1 heterocycles. The minimum Gasteiger partial charge on any atom is -0.395 e. The number of hydrogen-bond acceptors (Lipinski definition) is 5. The molecule has 1 aliphatic carbocycles. The summed E-state index contributed by atoms with van der Waals surface area (Å²) in [6, 6.07) is 2.30. The topological polar surface area (TPSA) is 75.3 Å². The lowest BCUT2D eigenvalue weighted by Gasteiger charge is -2.28. The van der Waals surface area contributed by atoms with Crippen LogP contribution in [0, 0.1) is 0 Å². The van der Waals surface area contributed by atoms with E-state index in [0.717, 1.165) is 18.5 Å². The van der Waals surface area contributed by atoms with Crippen molar-refractivity contribution in [3.05, 3.63) is 18.0 Å². The molecule has 0 atom stereocenters. The molecule has 0 aliphatic heterocycles. The smallest absolute Gasteiger partial charge is 0.225 e. The van der Waals surface area contributed by atoms with E-state index in [4.69, 9.17) is 10.8 Å². The average molecular weight is 236 g/mol. The zero-order valence-corrected chi connectivity index (χ0v) is 10.0. The molecule has 0 amide bonds. The van der Waals surface area contributed by atoms with Crippen molar-refractivity contribution in [2.75, 3.05) is 18.1 Å². The zero-order chi connectivity index (χ0) is 12.1. The zero-order valence-electron chi connectivity index (χ0n) is 10.0. The molecule has 2 rings (SSSR count). The molecule has 5 nitrogen and oxygen atoms in total. The molecular formula is C12H20N4O. The molecule has 1 saturated carbocycles. The molecule has 94 valence electrons. The van der Waals surface area contributed by atoms with Gasteiger partial charge in [-0.2, -0.15) is 0 Å². The number of aliphatic hydroxyl groups is 1.